The van der Waals surface area contributed by atoms with Gasteiger partial charge < -0.3 is 4.98 Å². The van der Waals surface area contributed by atoms with Gasteiger partial charge in [-0.3, -0.25) is 14.9 Å². The summed E-state index contributed by atoms with van der Waals surface area (Å²) in [5, 5.41) is 11.7. The van der Waals surface area contributed by atoms with E-state index in [1.165, 1.54) is 6.07 Å². The third kappa shape index (κ3) is 2.12. The SMILES string of the molecule is O=C1CCCC(c2c[nH]c3ccc([N+](=O)[O-])cc23)C1. The van der Waals surface area contributed by atoms with Crippen LogP contribution < -0.4 is 0 Å². The van der Waals surface area contributed by atoms with Crippen LogP contribution in [0.25, 0.3) is 10.9 Å². The van der Waals surface area contributed by atoms with E-state index in [4.69, 9.17) is 0 Å². The molecule has 1 aliphatic carbocycles. The molecule has 0 amide bonds. The summed E-state index contributed by atoms with van der Waals surface area (Å²) in [6, 6.07) is 4.82. The molecule has 0 bridgehead atoms. The topological polar surface area (TPSA) is 76.0 Å². The lowest BCUT2D eigenvalue weighted by Crippen LogP contribution is -2.13. The molecule has 1 saturated carbocycles. The molecular weight excluding hydrogens is 244 g/mol. The van der Waals surface area contributed by atoms with Gasteiger partial charge in [-0.15, -0.1) is 0 Å². The molecule has 3 rings (SSSR count). The molecule has 0 spiro atoms. The van der Waals surface area contributed by atoms with E-state index in [0.717, 1.165) is 29.3 Å². The van der Waals surface area contributed by atoms with Gasteiger partial charge in [-0.2, -0.15) is 0 Å². The van der Waals surface area contributed by atoms with Crippen LogP contribution in [0.5, 0.6) is 0 Å². The summed E-state index contributed by atoms with van der Waals surface area (Å²) in [4.78, 5) is 25.2. The summed E-state index contributed by atoms with van der Waals surface area (Å²) in [5.74, 6) is 0.480. The van der Waals surface area contributed by atoms with Gasteiger partial charge in [-0.05, 0) is 30.4 Å². The monoisotopic (exact) mass is 258 g/mol. The Morgan fingerprint density at radius 2 is 2.21 bits per heavy atom. The second-order valence-corrected chi connectivity index (χ2v) is 5.06. The quantitative estimate of drug-likeness (QED) is 0.663. The van der Waals surface area contributed by atoms with Gasteiger partial charge in [0, 0.05) is 42.1 Å². The Hall–Kier alpha value is -2.17. The van der Waals surface area contributed by atoms with Crippen LogP contribution >= 0.6 is 0 Å². The summed E-state index contributed by atoms with van der Waals surface area (Å²) in [6.07, 6.45) is 4.98. The summed E-state index contributed by atoms with van der Waals surface area (Å²) < 4.78 is 0. The van der Waals surface area contributed by atoms with Crippen molar-refractivity contribution in [3.8, 4) is 0 Å². The number of nitro groups is 1. The summed E-state index contributed by atoms with van der Waals surface area (Å²) in [5.41, 5.74) is 2.01. The molecule has 1 aromatic heterocycles. The average molecular weight is 258 g/mol. The van der Waals surface area contributed by atoms with Crippen molar-refractivity contribution in [1.29, 1.82) is 0 Å². The molecule has 98 valence electrons. The Balaban J connectivity index is 2.05. The Bertz CT molecular complexity index is 660. The number of hydrogen-bond acceptors (Lipinski definition) is 3. The maximum atomic E-state index is 11.6. The van der Waals surface area contributed by atoms with E-state index in [1.54, 1.807) is 12.1 Å². The molecule has 5 heteroatoms. The predicted octanol–water partition coefficient (Wildman–Crippen LogP) is 3.30. The Morgan fingerprint density at radius 3 is 2.95 bits per heavy atom. The van der Waals surface area contributed by atoms with Gasteiger partial charge in [0.15, 0.2) is 0 Å². The second-order valence-electron chi connectivity index (χ2n) is 5.06. The van der Waals surface area contributed by atoms with Crippen LogP contribution in [0, 0.1) is 10.1 Å². The fourth-order valence-electron chi connectivity index (χ4n) is 2.87. The zero-order valence-electron chi connectivity index (χ0n) is 10.4. The zero-order valence-corrected chi connectivity index (χ0v) is 10.4. The number of Topliss-reactive ketones (excluding diaryl/α,β-unsaturated/α-hetero) is 1. The standard InChI is InChI=1S/C14H14N2O3/c17-11-3-1-2-9(6-11)13-8-15-14-5-4-10(16(18)19)7-12(13)14/h4-5,7-9,15H,1-3,6H2. The Morgan fingerprint density at radius 1 is 1.37 bits per heavy atom. The first kappa shape index (κ1) is 11.9. The summed E-state index contributed by atoms with van der Waals surface area (Å²) in [6.45, 7) is 0. The highest BCUT2D eigenvalue weighted by molar-refractivity contribution is 5.87. The van der Waals surface area contributed by atoms with Gasteiger partial charge in [0.05, 0.1) is 4.92 Å². The number of nitrogens with one attached hydrogen (secondary N) is 1. The fourth-order valence-corrected chi connectivity index (χ4v) is 2.87. The largest absolute Gasteiger partial charge is 0.361 e. The summed E-state index contributed by atoms with van der Waals surface area (Å²) in [7, 11) is 0. The minimum atomic E-state index is -0.387. The number of carbonyl (C=O) groups is 1. The molecule has 1 heterocycles. The predicted molar refractivity (Wildman–Crippen MR) is 71.2 cm³/mol. The normalized spacial score (nSPS) is 19.8. The second kappa shape index (κ2) is 4.50. The molecule has 1 aliphatic rings. The van der Waals surface area contributed by atoms with Crippen molar-refractivity contribution in [3.05, 3.63) is 40.1 Å². The van der Waals surface area contributed by atoms with E-state index in [0.29, 0.717) is 12.8 Å². The van der Waals surface area contributed by atoms with Crippen LogP contribution in [-0.2, 0) is 4.79 Å². The number of H-pyrrole nitrogens is 1. The lowest BCUT2D eigenvalue weighted by Gasteiger charge is -2.20. The molecule has 2 aromatic rings. The minimum Gasteiger partial charge on any atom is -0.361 e. The highest BCUT2D eigenvalue weighted by Crippen LogP contribution is 2.36. The maximum absolute atomic E-state index is 11.6. The molecule has 1 fully saturated rings. The van der Waals surface area contributed by atoms with Crippen molar-refractivity contribution < 1.29 is 9.72 Å². The number of aromatic amines is 1. The third-order valence-electron chi connectivity index (χ3n) is 3.83. The minimum absolute atomic E-state index is 0.0930. The van der Waals surface area contributed by atoms with Crippen molar-refractivity contribution in [1.82, 2.24) is 4.98 Å². The zero-order chi connectivity index (χ0) is 13.4. The van der Waals surface area contributed by atoms with E-state index < -0.39 is 0 Å². The molecule has 0 aliphatic heterocycles. The van der Waals surface area contributed by atoms with E-state index >= 15 is 0 Å². The molecule has 1 unspecified atom stereocenters. The van der Waals surface area contributed by atoms with Crippen LogP contribution in [0.1, 0.15) is 37.2 Å². The van der Waals surface area contributed by atoms with Gasteiger partial charge in [0.2, 0.25) is 0 Å². The van der Waals surface area contributed by atoms with E-state index in [9.17, 15) is 14.9 Å². The van der Waals surface area contributed by atoms with Crippen LogP contribution in [0.15, 0.2) is 24.4 Å². The van der Waals surface area contributed by atoms with E-state index in [1.807, 2.05) is 6.20 Å². The third-order valence-corrected chi connectivity index (χ3v) is 3.83. The number of non-ortho nitro benzene ring substituents is 1. The number of carbonyl (C=O) groups excluding carboxylic acids is 1. The first-order valence-corrected chi connectivity index (χ1v) is 6.42. The van der Waals surface area contributed by atoms with Crippen molar-refractivity contribution in [2.45, 2.75) is 31.6 Å². The first-order valence-electron chi connectivity index (χ1n) is 6.42. The Labute approximate surface area is 109 Å². The van der Waals surface area contributed by atoms with Crippen LogP contribution in [-0.4, -0.2) is 15.7 Å². The lowest BCUT2D eigenvalue weighted by atomic mass is 9.83. The number of aromatic nitrogens is 1. The van der Waals surface area contributed by atoms with E-state index in [-0.39, 0.29) is 22.3 Å². The molecular formula is C14H14N2O3. The number of rotatable bonds is 2. The molecule has 1 atom stereocenters. The van der Waals surface area contributed by atoms with Gasteiger partial charge in [-0.1, -0.05) is 0 Å². The van der Waals surface area contributed by atoms with Gasteiger partial charge in [0.25, 0.3) is 5.69 Å². The number of nitro benzene ring substituents is 1. The smallest absolute Gasteiger partial charge is 0.270 e. The number of benzene rings is 1. The first-order chi connectivity index (χ1) is 9.15. The Kier molecular flexibility index (Phi) is 2.81. The molecule has 0 saturated heterocycles. The van der Waals surface area contributed by atoms with Gasteiger partial charge in [-0.25, -0.2) is 0 Å². The molecule has 5 nitrogen and oxygen atoms in total. The van der Waals surface area contributed by atoms with Crippen LogP contribution in [0.4, 0.5) is 5.69 Å². The van der Waals surface area contributed by atoms with Crippen molar-refractivity contribution in [2.75, 3.05) is 0 Å². The van der Waals surface area contributed by atoms with Gasteiger partial charge in [0.1, 0.15) is 5.78 Å². The molecule has 1 aromatic carbocycles. The van der Waals surface area contributed by atoms with Crippen molar-refractivity contribution in [2.24, 2.45) is 0 Å². The molecule has 1 N–H and O–H groups in total. The lowest BCUT2D eigenvalue weighted by molar-refractivity contribution is -0.384. The molecule has 19 heavy (non-hydrogen) atoms. The highest BCUT2D eigenvalue weighted by atomic mass is 16.6. The van der Waals surface area contributed by atoms with Gasteiger partial charge >= 0.3 is 0 Å². The number of ketones is 1. The highest BCUT2D eigenvalue weighted by Gasteiger charge is 2.24. The van der Waals surface area contributed by atoms with Crippen molar-refractivity contribution >= 4 is 22.4 Å². The van der Waals surface area contributed by atoms with Crippen molar-refractivity contribution in [3.63, 3.8) is 0 Å². The number of nitrogens with zero attached hydrogens (tertiary/aromatic N) is 1. The van der Waals surface area contributed by atoms with Crippen LogP contribution in [0.3, 0.4) is 0 Å². The average Bonchev–Trinajstić information content (AvgIpc) is 2.81. The maximum Gasteiger partial charge on any atom is 0.270 e. The number of fused-ring (bicyclic) bond motifs is 1. The fraction of sp³-hybridized carbons (Fsp3) is 0.357. The van der Waals surface area contributed by atoms with Crippen LogP contribution in [0.2, 0.25) is 0 Å². The molecule has 0 radical (unpaired) electrons. The summed E-state index contributed by atoms with van der Waals surface area (Å²) >= 11 is 0. The van der Waals surface area contributed by atoms with E-state index in [2.05, 4.69) is 4.98 Å². The number of hydrogen-bond donors (Lipinski definition) is 1.